The summed E-state index contributed by atoms with van der Waals surface area (Å²) in [5, 5.41) is 3.64. The number of halogens is 1. The lowest BCUT2D eigenvalue weighted by molar-refractivity contribution is -0.117. The number of anilines is 1. The van der Waals surface area contributed by atoms with E-state index in [1.807, 2.05) is 31.2 Å². The molecule has 142 valence electrons. The summed E-state index contributed by atoms with van der Waals surface area (Å²) < 4.78 is 0. The van der Waals surface area contributed by atoms with Crippen molar-refractivity contribution in [2.24, 2.45) is 5.92 Å². The van der Waals surface area contributed by atoms with Crippen LogP contribution in [0.5, 0.6) is 0 Å². The molecule has 1 atom stereocenters. The number of benzene rings is 2. The molecule has 1 heterocycles. The van der Waals surface area contributed by atoms with Crippen molar-refractivity contribution in [2.75, 3.05) is 18.0 Å². The van der Waals surface area contributed by atoms with Gasteiger partial charge in [0.1, 0.15) is 0 Å². The molecule has 4 heteroatoms. The smallest absolute Gasteiger partial charge is 0.244 e. The van der Waals surface area contributed by atoms with Gasteiger partial charge in [-0.3, -0.25) is 4.79 Å². The van der Waals surface area contributed by atoms with Gasteiger partial charge in [0.2, 0.25) is 5.91 Å². The molecule has 2 aromatic carbocycles. The first-order valence-electron chi connectivity index (χ1n) is 9.61. The van der Waals surface area contributed by atoms with Gasteiger partial charge in [0.05, 0.1) is 6.04 Å². The summed E-state index contributed by atoms with van der Waals surface area (Å²) in [5.41, 5.74) is 3.20. The van der Waals surface area contributed by atoms with Gasteiger partial charge in [-0.2, -0.15) is 0 Å². The van der Waals surface area contributed by atoms with E-state index in [-0.39, 0.29) is 11.9 Å². The minimum Gasteiger partial charge on any atom is -0.372 e. The highest BCUT2D eigenvalue weighted by Gasteiger charge is 2.16. The average Bonchev–Trinajstić information content (AvgIpc) is 2.68. The number of amides is 1. The number of hydrogen-bond donors (Lipinski definition) is 1. The van der Waals surface area contributed by atoms with Crippen LogP contribution in [0.25, 0.3) is 6.08 Å². The predicted molar refractivity (Wildman–Crippen MR) is 114 cm³/mol. The molecular formula is C23H27ClN2O. The summed E-state index contributed by atoms with van der Waals surface area (Å²) in [6.07, 6.45) is 5.78. The molecule has 27 heavy (non-hydrogen) atoms. The Bertz CT molecular complexity index is 792. The Morgan fingerprint density at radius 1 is 1.15 bits per heavy atom. The third-order valence-corrected chi connectivity index (χ3v) is 5.56. The van der Waals surface area contributed by atoms with Crippen molar-refractivity contribution in [2.45, 2.75) is 32.7 Å². The van der Waals surface area contributed by atoms with Crippen molar-refractivity contribution in [3.8, 4) is 0 Å². The van der Waals surface area contributed by atoms with Gasteiger partial charge in [0.25, 0.3) is 0 Å². The van der Waals surface area contributed by atoms with Crippen molar-refractivity contribution in [3.05, 3.63) is 70.8 Å². The maximum absolute atomic E-state index is 12.2. The van der Waals surface area contributed by atoms with E-state index in [1.165, 1.54) is 24.6 Å². The number of piperidine rings is 1. The number of hydrogen-bond acceptors (Lipinski definition) is 2. The molecule has 1 fully saturated rings. The number of nitrogens with one attached hydrogen (secondary N) is 1. The van der Waals surface area contributed by atoms with Crippen molar-refractivity contribution in [3.63, 3.8) is 0 Å². The van der Waals surface area contributed by atoms with E-state index in [0.29, 0.717) is 5.02 Å². The molecular weight excluding hydrogens is 356 g/mol. The zero-order valence-electron chi connectivity index (χ0n) is 16.0. The fourth-order valence-electron chi connectivity index (χ4n) is 3.36. The zero-order valence-corrected chi connectivity index (χ0v) is 16.7. The van der Waals surface area contributed by atoms with Crippen LogP contribution in [0.3, 0.4) is 0 Å². The standard InChI is InChI=1S/C23H27ClN2O/c1-17-13-15-26(16-14-17)21-10-7-19(8-11-21)18(2)25-23(27)12-9-20-5-3-4-6-22(20)24/h3-12,17-18H,13-16H2,1-2H3,(H,25,27)/b12-9+/t18-/m0/s1. The molecule has 1 saturated heterocycles. The summed E-state index contributed by atoms with van der Waals surface area (Å²) in [6.45, 7) is 6.57. The highest BCUT2D eigenvalue weighted by atomic mass is 35.5. The van der Waals surface area contributed by atoms with Crippen LogP contribution in [0, 0.1) is 5.92 Å². The molecule has 0 radical (unpaired) electrons. The minimum absolute atomic E-state index is 0.0520. The number of carbonyl (C=O) groups is 1. The molecule has 2 aromatic rings. The maximum Gasteiger partial charge on any atom is 0.244 e. The van der Waals surface area contributed by atoms with Gasteiger partial charge < -0.3 is 10.2 Å². The largest absolute Gasteiger partial charge is 0.372 e. The quantitative estimate of drug-likeness (QED) is 0.695. The molecule has 1 aliphatic rings. The van der Waals surface area contributed by atoms with Crippen LogP contribution < -0.4 is 10.2 Å². The van der Waals surface area contributed by atoms with Gasteiger partial charge in [0, 0.05) is 29.9 Å². The molecule has 3 nitrogen and oxygen atoms in total. The van der Waals surface area contributed by atoms with Crippen molar-refractivity contribution in [1.82, 2.24) is 5.32 Å². The van der Waals surface area contributed by atoms with Crippen molar-refractivity contribution < 1.29 is 4.79 Å². The SMILES string of the molecule is CC1CCN(c2ccc([C@H](C)NC(=O)/C=C/c3ccccc3Cl)cc2)CC1. The summed E-state index contributed by atoms with van der Waals surface area (Å²) >= 11 is 6.11. The van der Waals surface area contributed by atoms with Gasteiger partial charge in [0.15, 0.2) is 0 Å². The van der Waals surface area contributed by atoms with Crippen LogP contribution in [0.15, 0.2) is 54.6 Å². The first kappa shape index (κ1) is 19.5. The third kappa shape index (κ3) is 5.36. The van der Waals surface area contributed by atoms with Crippen molar-refractivity contribution >= 4 is 29.3 Å². The van der Waals surface area contributed by atoms with E-state index < -0.39 is 0 Å². The second-order valence-corrected chi connectivity index (χ2v) is 7.75. The first-order valence-corrected chi connectivity index (χ1v) is 9.99. The normalized spacial score (nSPS) is 16.5. The molecule has 3 rings (SSSR count). The molecule has 1 aliphatic heterocycles. The van der Waals surface area contributed by atoms with Gasteiger partial charge in [-0.05, 0) is 61.1 Å². The molecule has 0 bridgehead atoms. The molecule has 0 aromatic heterocycles. The van der Waals surface area contributed by atoms with Gasteiger partial charge in [-0.15, -0.1) is 0 Å². The monoisotopic (exact) mass is 382 g/mol. The fraction of sp³-hybridized carbons (Fsp3) is 0.348. The van der Waals surface area contributed by atoms with E-state index >= 15 is 0 Å². The summed E-state index contributed by atoms with van der Waals surface area (Å²) in [7, 11) is 0. The lowest BCUT2D eigenvalue weighted by Crippen LogP contribution is -2.32. The molecule has 0 spiro atoms. The van der Waals surface area contributed by atoms with E-state index in [1.54, 1.807) is 6.08 Å². The van der Waals surface area contributed by atoms with E-state index in [9.17, 15) is 4.79 Å². The van der Waals surface area contributed by atoms with E-state index in [2.05, 4.69) is 41.4 Å². The second-order valence-electron chi connectivity index (χ2n) is 7.35. The number of rotatable bonds is 5. The minimum atomic E-state index is -0.128. The van der Waals surface area contributed by atoms with Crippen LogP contribution in [0.2, 0.25) is 5.02 Å². The third-order valence-electron chi connectivity index (χ3n) is 5.22. The number of nitrogens with zero attached hydrogens (tertiary/aromatic N) is 1. The summed E-state index contributed by atoms with van der Waals surface area (Å²) in [4.78, 5) is 14.7. The van der Waals surface area contributed by atoms with Crippen LogP contribution in [0.4, 0.5) is 5.69 Å². The first-order chi connectivity index (χ1) is 13.0. The molecule has 1 amide bonds. The summed E-state index contributed by atoms with van der Waals surface area (Å²) in [6, 6.07) is 15.9. The van der Waals surface area contributed by atoms with Gasteiger partial charge in [-0.1, -0.05) is 48.9 Å². The lowest BCUT2D eigenvalue weighted by Gasteiger charge is -2.32. The average molecular weight is 383 g/mol. The second kappa shape index (κ2) is 9.09. The Kier molecular flexibility index (Phi) is 6.57. The van der Waals surface area contributed by atoms with Crippen LogP contribution in [0.1, 0.15) is 43.9 Å². The number of carbonyl (C=O) groups excluding carboxylic acids is 1. The molecule has 0 unspecified atom stereocenters. The zero-order chi connectivity index (χ0) is 19.2. The Morgan fingerprint density at radius 2 is 1.81 bits per heavy atom. The van der Waals surface area contributed by atoms with Crippen molar-refractivity contribution in [1.29, 1.82) is 0 Å². The van der Waals surface area contributed by atoms with E-state index in [0.717, 1.165) is 30.1 Å². The highest BCUT2D eigenvalue weighted by Crippen LogP contribution is 2.24. The predicted octanol–water partition coefficient (Wildman–Crippen LogP) is 5.47. The van der Waals surface area contributed by atoms with Crippen LogP contribution in [-0.4, -0.2) is 19.0 Å². The van der Waals surface area contributed by atoms with Crippen LogP contribution >= 0.6 is 11.6 Å². The highest BCUT2D eigenvalue weighted by molar-refractivity contribution is 6.32. The summed E-state index contributed by atoms with van der Waals surface area (Å²) in [5.74, 6) is 0.700. The maximum atomic E-state index is 12.2. The van der Waals surface area contributed by atoms with Gasteiger partial charge in [-0.25, -0.2) is 0 Å². The van der Waals surface area contributed by atoms with Crippen LogP contribution in [-0.2, 0) is 4.79 Å². The van der Waals surface area contributed by atoms with E-state index in [4.69, 9.17) is 11.6 Å². The fourth-order valence-corrected chi connectivity index (χ4v) is 3.56. The topological polar surface area (TPSA) is 32.3 Å². The Balaban J connectivity index is 1.56. The molecule has 1 N–H and O–H groups in total. The van der Waals surface area contributed by atoms with Gasteiger partial charge >= 0.3 is 0 Å². The molecule has 0 saturated carbocycles. The Hall–Kier alpha value is -2.26. The Labute approximate surface area is 167 Å². The molecule has 0 aliphatic carbocycles. The lowest BCUT2D eigenvalue weighted by atomic mass is 9.98. The Morgan fingerprint density at radius 3 is 2.48 bits per heavy atom.